The first-order chi connectivity index (χ1) is 14.2. The number of hydrogen-bond acceptors (Lipinski definition) is 0. The van der Waals surface area contributed by atoms with E-state index in [1.807, 2.05) is 0 Å². The van der Waals surface area contributed by atoms with Gasteiger partial charge in [-0.05, 0) is 59.9 Å². The van der Waals surface area contributed by atoms with E-state index < -0.39 is 0 Å². The van der Waals surface area contributed by atoms with Crippen LogP contribution in [-0.4, -0.2) is 0 Å². The van der Waals surface area contributed by atoms with Gasteiger partial charge in [-0.1, -0.05) is 114 Å². The van der Waals surface area contributed by atoms with Crippen molar-refractivity contribution in [2.75, 3.05) is 0 Å². The quantitative estimate of drug-likeness (QED) is 0.417. The third-order valence-electron chi connectivity index (χ3n) is 6.37. The minimum atomic E-state index is 0.875. The van der Waals surface area contributed by atoms with Gasteiger partial charge in [0.05, 0.1) is 0 Å². The van der Waals surface area contributed by atoms with Crippen molar-refractivity contribution in [3.63, 3.8) is 0 Å². The molecule has 0 heterocycles. The Morgan fingerprint density at radius 1 is 0.793 bits per heavy atom. The molecule has 0 aliphatic heterocycles. The highest BCUT2D eigenvalue weighted by Crippen LogP contribution is 2.39. The van der Waals surface area contributed by atoms with Crippen LogP contribution in [0.15, 0.2) is 54.6 Å². The van der Waals surface area contributed by atoms with Crippen molar-refractivity contribution < 1.29 is 0 Å². The first-order valence-electron chi connectivity index (χ1n) is 12.0. The average molecular weight is 411 g/mol. The van der Waals surface area contributed by atoms with E-state index in [0.29, 0.717) is 0 Å². The number of rotatable bonds is 6. The smallest absolute Gasteiger partial charge is 0.0128 e. The summed E-state index contributed by atoms with van der Waals surface area (Å²) in [5, 5.41) is 0. The Morgan fingerprint density at radius 3 is 1.86 bits per heavy atom. The van der Waals surface area contributed by atoms with E-state index in [4.69, 9.17) is 0 Å². The lowest BCUT2D eigenvalue weighted by Gasteiger charge is -2.18. The molecule has 0 aromatic heterocycles. The van der Waals surface area contributed by atoms with Gasteiger partial charge in [-0.15, -0.1) is 9.24 Å². The molecular weight excluding hydrogens is 367 g/mol. The van der Waals surface area contributed by atoms with E-state index in [1.165, 1.54) is 74.5 Å². The molecule has 160 valence electrons. The second kappa shape index (κ2) is 14.0. The van der Waals surface area contributed by atoms with Gasteiger partial charge in [0.1, 0.15) is 0 Å². The van der Waals surface area contributed by atoms with Crippen molar-refractivity contribution in [3.05, 3.63) is 71.3 Å². The van der Waals surface area contributed by atoms with Crippen molar-refractivity contribution >= 4 is 9.24 Å². The van der Waals surface area contributed by atoms with E-state index in [0.717, 1.165) is 23.9 Å². The van der Waals surface area contributed by atoms with Crippen LogP contribution in [-0.2, 0) is 12.6 Å². The van der Waals surface area contributed by atoms with Gasteiger partial charge < -0.3 is 0 Å². The van der Waals surface area contributed by atoms with Crippen LogP contribution >= 0.6 is 9.24 Å². The van der Waals surface area contributed by atoms with Crippen LogP contribution in [0.2, 0.25) is 0 Å². The highest BCUT2D eigenvalue weighted by atomic mass is 31.0. The van der Waals surface area contributed by atoms with Crippen LogP contribution < -0.4 is 0 Å². The summed E-state index contributed by atoms with van der Waals surface area (Å²) in [6, 6.07) is 19.9. The molecular formula is C28H43P. The summed E-state index contributed by atoms with van der Waals surface area (Å²) >= 11 is 0. The second-order valence-corrected chi connectivity index (χ2v) is 9.34. The number of hydrogen-bond donors (Lipinski definition) is 0. The first-order valence-corrected chi connectivity index (χ1v) is 12.8. The normalized spacial score (nSPS) is 17.0. The molecule has 2 saturated carbocycles. The molecule has 2 aromatic carbocycles. The summed E-state index contributed by atoms with van der Waals surface area (Å²) in [5.41, 5.74) is 4.46. The summed E-state index contributed by atoms with van der Waals surface area (Å²) in [4.78, 5) is 0. The van der Waals surface area contributed by atoms with Gasteiger partial charge in [-0.25, -0.2) is 0 Å². The average Bonchev–Trinajstić information content (AvgIpc) is 3.48. The molecule has 2 fully saturated rings. The van der Waals surface area contributed by atoms with Crippen molar-refractivity contribution in [1.82, 2.24) is 0 Å². The summed E-state index contributed by atoms with van der Waals surface area (Å²) in [5.74, 6) is 2.77. The molecule has 0 saturated heterocycles. The Kier molecular flexibility index (Phi) is 11.6. The van der Waals surface area contributed by atoms with Crippen molar-refractivity contribution in [1.29, 1.82) is 0 Å². The predicted molar refractivity (Wildman–Crippen MR) is 134 cm³/mol. The maximum atomic E-state index is 2.75. The zero-order valence-corrected chi connectivity index (χ0v) is 20.2. The minimum Gasteiger partial charge on any atom is -0.133 e. The number of unbranched alkanes of at least 4 members (excludes halogenated alkanes) is 1. The molecule has 2 unspecified atom stereocenters. The Bertz CT molecular complexity index is 634. The third kappa shape index (κ3) is 9.48. The van der Waals surface area contributed by atoms with Gasteiger partial charge >= 0.3 is 0 Å². The molecule has 1 heteroatoms. The predicted octanol–water partition coefficient (Wildman–Crippen LogP) is 8.80. The van der Waals surface area contributed by atoms with Crippen LogP contribution in [0, 0.1) is 11.8 Å². The fraction of sp³-hybridized carbons (Fsp3) is 0.571. The summed E-state index contributed by atoms with van der Waals surface area (Å²) in [6.07, 6.45) is 13.6. The van der Waals surface area contributed by atoms with Crippen LogP contribution in [0.1, 0.15) is 94.7 Å². The Labute approximate surface area is 183 Å². The Balaban J connectivity index is 0.000000179. The lowest BCUT2D eigenvalue weighted by atomic mass is 9.87. The van der Waals surface area contributed by atoms with E-state index in [9.17, 15) is 0 Å². The zero-order chi connectivity index (χ0) is 20.9. The summed E-state index contributed by atoms with van der Waals surface area (Å²) in [6.45, 7) is 6.78. The SMILES string of the molecule is CC(Cc1ccccc1)C1CCCC1.CCCC.PCc1ccc(C2CC2)cc1. The fourth-order valence-electron chi connectivity index (χ4n) is 4.02. The largest absolute Gasteiger partial charge is 0.133 e. The van der Waals surface area contributed by atoms with E-state index in [1.54, 1.807) is 0 Å². The highest BCUT2D eigenvalue weighted by molar-refractivity contribution is 7.15. The van der Waals surface area contributed by atoms with Crippen LogP contribution in [0.4, 0.5) is 0 Å². The van der Waals surface area contributed by atoms with Crippen LogP contribution in [0.5, 0.6) is 0 Å². The molecule has 29 heavy (non-hydrogen) atoms. The zero-order valence-electron chi connectivity index (χ0n) is 19.1. The molecule has 4 rings (SSSR count). The van der Waals surface area contributed by atoms with Gasteiger partial charge in [-0.2, -0.15) is 0 Å². The van der Waals surface area contributed by atoms with Crippen LogP contribution in [0.25, 0.3) is 0 Å². The Hall–Kier alpha value is -1.13. The minimum absolute atomic E-state index is 0.875. The highest BCUT2D eigenvalue weighted by Gasteiger charge is 2.23. The van der Waals surface area contributed by atoms with Crippen LogP contribution in [0.3, 0.4) is 0 Å². The van der Waals surface area contributed by atoms with Crippen molar-refractivity contribution in [3.8, 4) is 0 Å². The van der Waals surface area contributed by atoms with Gasteiger partial charge in [0.25, 0.3) is 0 Å². The molecule has 2 aliphatic carbocycles. The lowest BCUT2D eigenvalue weighted by molar-refractivity contribution is 0.365. The van der Waals surface area contributed by atoms with Gasteiger partial charge in [-0.3, -0.25) is 0 Å². The summed E-state index contributed by atoms with van der Waals surface area (Å²) in [7, 11) is 2.75. The Morgan fingerprint density at radius 2 is 1.38 bits per heavy atom. The molecule has 0 amide bonds. The lowest BCUT2D eigenvalue weighted by Crippen LogP contribution is -2.10. The first kappa shape index (κ1) is 24.1. The molecule has 2 atom stereocenters. The second-order valence-electron chi connectivity index (χ2n) is 8.93. The summed E-state index contributed by atoms with van der Waals surface area (Å²) < 4.78 is 0. The molecule has 2 aliphatic rings. The molecule has 0 N–H and O–H groups in total. The molecule has 0 nitrogen and oxygen atoms in total. The number of benzene rings is 2. The van der Waals surface area contributed by atoms with E-state index in [-0.39, 0.29) is 0 Å². The third-order valence-corrected chi connectivity index (χ3v) is 6.84. The van der Waals surface area contributed by atoms with Gasteiger partial charge in [0.2, 0.25) is 0 Å². The maximum absolute atomic E-state index is 2.75. The standard InChI is InChI=1S/C14H20.C10H13P.C4H10/c1-12(14-9-5-6-10-14)11-13-7-3-2-4-8-13;11-7-8-1-3-9(4-2-8)10-5-6-10;1-3-4-2/h2-4,7-8,12,14H,5-6,9-11H2,1H3;1-4,10H,5-7,11H2;3-4H2,1-2H3. The van der Waals surface area contributed by atoms with Gasteiger partial charge in [0, 0.05) is 0 Å². The fourth-order valence-corrected chi connectivity index (χ4v) is 4.29. The topological polar surface area (TPSA) is 0 Å². The molecule has 0 spiro atoms. The van der Waals surface area contributed by atoms with Crippen molar-refractivity contribution in [2.24, 2.45) is 11.8 Å². The van der Waals surface area contributed by atoms with Gasteiger partial charge in [0.15, 0.2) is 0 Å². The molecule has 0 bridgehead atoms. The monoisotopic (exact) mass is 410 g/mol. The van der Waals surface area contributed by atoms with Crippen molar-refractivity contribution in [2.45, 2.75) is 90.6 Å². The van der Waals surface area contributed by atoms with E-state index in [2.05, 4.69) is 84.6 Å². The molecule has 0 radical (unpaired) electrons. The molecule has 2 aromatic rings. The van der Waals surface area contributed by atoms with E-state index >= 15 is 0 Å². The maximum Gasteiger partial charge on any atom is -0.0128 e.